The molecule has 0 saturated heterocycles. The van der Waals surface area contributed by atoms with Gasteiger partial charge in [0.15, 0.2) is 5.96 Å². The van der Waals surface area contributed by atoms with Crippen molar-refractivity contribution in [1.82, 2.24) is 10.6 Å². The standard InChI is InChI=1S/C13H21N3O2S/c1-9(12(17)18-4)7-15-13(14-3)16-8-11-6-5-10(2)19-11/h5-6,9H,7-8H2,1-4H3,(H2,14,15,16). The van der Waals surface area contributed by atoms with E-state index in [9.17, 15) is 4.79 Å². The summed E-state index contributed by atoms with van der Waals surface area (Å²) >= 11 is 1.75. The monoisotopic (exact) mass is 283 g/mol. The number of guanidine groups is 1. The number of ether oxygens (including phenoxy) is 1. The molecule has 0 bridgehead atoms. The van der Waals surface area contributed by atoms with Crippen LogP contribution in [0.5, 0.6) is 0 Å². The predicted molar refractivity (Wildman–Crippen MR) is 78.4 cm³/mol. The van der Waals surface area contributed by atoms with Gasteiger partial charge in [0.05, 0.1) is 19.6 Å². The highest BCUT2D eigenvalue weighted by molar-refractivity contribution is 7.11. The second kappa shape index (κ2) is 7.78. The molecule has 0 fully saturated rings. The highest BCUT2D eigenvalue weighted by Crippen LogP contribution is 2.14. The lowest BCUT2D eigenvalue weighted by atomic mass is 10.2. The van der Waals surface area contributed by atoms with E-state index in [0.717, 1.165) is 6.54 Å². The molecule has 19 heavy (non-hydrogen) atoms. The summed E-state index contributed by atoms with van der Waals surface area (Å²) in [6.07, 6.45) is 0. The fraction of sp³-hybridized carbons (Fsp3) is 0.538. The van der Waals surface area contributed by atoms with Crippen LogP contribution in [0.25, 0.3) is 0 Å². The molecule has 6 heteroatoms. The predicted octanol–water partition coefficient (Wildman–Crippen LogP) is 1.53. The number of aryl methyl sites for hydroxylation is 1. The molecule has 1 atom stereocenters. The molecule has 1 rings (SSSR count). The number of esters is 1. The third-order valence-electron chi connectivity index (χ3n) is 2.63. The quantitative estimate of drug-likeness (QED) is 0.489. The first kappa shape index (κ1) is 15.5. The minimum absolute atomic E-state index is 0.201. The van der Waals surface area contributed by atoms with E-state index in [-0.39, 0.29) is 11.9 Å². The number of carbonyl (C=O) groups is 1. The molecule has 0 aliphatic rings. The number of hydrogen-bond donors (Lipinski definition) is 2. The summed E-state index contributed by atoms with van der Waals surface area (Å²) in [6.45, 7) is 5.12. The van der Waals surface area contributed by atoms with Crippen molar-refractivity contribution >= 4 is 23.3 Å². The number of hydrogen-bond acceptors (Lipinski definition) is 4. The van der Waals surface area contributed by atoms with Crippen molar-refractivity contribution in [2.75, 3.05) is 20.7 Å². The molecule has 0 aliphatic carbocycles. The molecule has 0 radical (unpaired) electrons. The second-order valence-electron chi connectivity index (χ2n) is 4.24. The Morgan fingerprint density at radius 1 is 1.47 bits per heavy atom. The summed E-state index contributed by atoms with van der Waals surface area (Å²) in [5.74, 6) is 0.256. The van der Waals surface area contributed by atoms with Gasteiger partial charge in [0.2, 0.25) is 0 Å². The van der Waals surface area contributed by atoms with Gasteiger partial charge in [-0.2, -0.15) is 0 Å². The molecular weight excluding hydrogens is 262 g/mol. The summed E-state index contributed by atoms with van der Waals surface area (Å²) < 4.78 is 4.67. The molecular formula is C13H21N3O2S. The average molecular weight is 283 g/mol. The van der Waals surface area contributed by atoms with Crippen LogP contribution in [0.15, 0.2) is 17.1 Å². The summed E-state index contributed by atoms with van der Waals surface area (Å²) in [5.41, 5.74) is 0. The van der Waals surface area contributed by atoms with Crippen LogP contribution in [0.2, 0.25) is 0 Å². The van der Waals surface area contributed by atoms with Crippen LogP contribution in [0.1, 0.15) is 16.7 Å². The molecule has 0 aliphatic heterocycles. The molecule has 0 aromatic carbocycles. The first-order valence-electron chi connectivity index (χ1n) is 6.14. The largest absolute Gasteiger partial charge is 0.469 e. The lowest BCUT2D eigenvalue weighted by Gasteiger charge is -2.14. The van der Waals surface area contributed by atoms with E-state index in [0.29, 0.717) is 12.5 Å². The van der Waals surface area contributed by atoms with E-state index in [4.69, 9.17) is 0 Å². The van der Waals surface area contributed by atoms with Gasteiger partial charge in [-0.05, 0) is 19.1 Å². The number of aliphatic imine (C=N–C) groups is 1. The van der Waals surface area contributed by atoms with Crippen molar-refractivity contribution in [3.05, 3.63) is 21.9 Å². The normalized spacial score (nSPS) is 12.9. The minimum Gasteiger partial charge on any atom is -0.469 e. The number of nitrogens with zero attached hydrogens (tertiary/aromatic N) is 1. The zero-order valence-electron chi connectivity index (χ0n) is 11.8. The molecule has 0 saturated carbocycles. The van der Waals surface area contributed by atoms with Crippen LogP contribution < -0.4 is 10.6 Å². The molecule has 1 heterocycles. The molecule has 2 N–H and O–H groups in total. The fourth-order valence-corrected chi connectivity index (χ4v) is 2.34. The van der Waals surface area contributed by atoms with Gasteiger partial charge >= 0.3 is 5.97 Å². The van der Waals surface area contributed by atoms with Crippen molar-refractivity contribution < 1.29 is 9.53 Å². The molecule has 106 valence electrons. The smallest absolute Gasteiger partial charge is 0.310 e. The third kappa shape index (κ3) is 5.30. The van der Waals surface area contributed by atoms with Gasteiger partial charge in [-0.3, -0.25) is 9.79 Å². The van der Waals surface area contributed by atoms with Gasteiger partial charge in [-0.15, -0.1) is 11.3 Å². The topological polar surface area (TPSA) is 62.7 Å². The number of carbonyl (C=O) groups excluding carboxylic acids is 1. The summed E-state index contributed by atoms with van der Waals surface area (Å²) in [4.78, 5) is 17.9. The number of thiophene rings is 1. The Bertz CT molecular complexity index is 443. The van der Waals surface area contributed by atoms with Crippen LogP contribution in [-0.4, -0.2) is 32.6 Å². The van der Waals surface area contributed by atoms with Gasteiger partial charge in [-0.1, -0.05) is 6.92 Å². The van der Waals surface area contributed by atoms with Gasteiger partial charge < -0.3 is 15.4 Å². The van der Waals surface area contributed by atoms with Crippen molar-refractivity contribution in [3.63, 3.8) is 0 Å². The molecule has 1 aromatic heterocycles. The lowest BCUT2D eigenvalue weighted by Crippen LogP contribution is -2.40. The maximum atomic E-state index is 11.3. The van der Waals surface area contributed by atoms with Gasteiger partial charge in [0, 0.05) is 23.3 Å². The Hall–Kier alpha value is -1.56. The summed E-state index contributed by atoms with van der Waals surface area (Å²) in [5, 5.41) is 6.31. The maximum Gasteiger partial charge on any atom is 0.310 e. The SMILES string of the molecule is CN=C(NCc1ccc(C)s1)NCC(C)C(=O)OC. The number of methoxy groups -OCH3 is 1. The first-order valence-corrected chi connectivity index (χ1v) is 6.96. The van der Waals surface area contributed by atoms with Crippen LogP contribution in [0, 0.1) is 12.8 Å². The first-order chi connectivity index (χ1) is 9.06. The number of rotatable bonds is 5. The highest BCUT2D eigenvalue weighted by atomic mass is 32.1. The van der Waals surface area contributed by atoms with E-state index >= 15 is 0 Å². The zero-order valence-corrected chi connectivity index (χ0v) is 12.6. The van der Waals surface area contributed by atoms with Crippen molar-refractivity contribution in [3.8, 4) is 0 Å². The number of nitrogens with one attached hydrogen (secondary N) is 2. The van der Waals surface area contributed by atoms with Crippen LogP contribution >= 0.6 is 11.3 Å². The Kier molecular flexibility index (Phi) is 6.35. The van der Waals surface area contributed by atoms with E-state index < -0.39 is 0 Å². The van der Waals surface area contributed by atoms with Gasteiger partial charge in [0.25, 0.3) is 0 Å². The van der Waals surface area contributed by atoms with Gasteiger partial charge in [0.1, 0.15) is 0 Å². The van der Waals surface area contributed by atoms with E-state index in [2.05, 4.69) is 39.4 Å². The Balaban J connectivity index is 2.36. The summed E-state index contributed by atoms with van der Waals surface area (Å²) in [7, 11) is 3.10. The van der Waals surface area contributed by atoms with E-state index in [1.807, 2.05) is 6.92 Å². The minimum atomic E-state index is -0.225. The maximum absolute atomic E-state index is 11.3. The second-order valence-corrected chi connectivity index (χ2v) is 5.62. The van der Waals surface area contributed by atoms with E-state index in [1.165, 1.54) is 16.9 Å². The molecule has 0 spiro atoms. The average Bonchev–Trinajstić information content (AvgIpc) is 2.83. The molecule has 1 unspecified atom stereocenters. The van der Waals surface area contributed by atoms with Crippen LogP contribution in [-0.2, 0) is 16.1 Å². The zero-order chi connectivity index (χ0) is 14.3. The third-order valence-corrected chi connectivity index (χ3v) is 3.63. The van der Waals surface area contributed by atoms with Crippen LogP contribution in [0.3, 0.4) is 0 Å². The van der Waals surface area contributed by atoms with Crippen LogP contribution in [0.4, 0.5) is 0 Å². The molecule has 5 nitrogen and oxygen atoms in total. The lowest BCUT2D eigenvalue weighted by molar-refractivity contribution is -0.144. The Morgan fingerprint density at radius 3 is 2.74 bits per heavy atom. The molecule has 1 aromatic rings. The van der Waals surface area contributed by atoms with E-state index in [1.54, 1.807) is 18.4 Å². The Morgan fingerprint density at radius 2 is 2.21 bits per heavy atom. The van der Waals surface area contributed by atoms with Crippen molar-refractivity contribution in [2.24, 2.45) is 10.9 Å². The van der Waals surface area contributed by atoms with Gasteiger partial charge in [-0.25, -0.2) is 0 Å². The summed E-state index contributed by atoms with van der Waals surface area (Å²) in [6, 6.07) is 4.19. The van der Waals surface area contributed by atoms with Crippen molar-refractivity contribution in [1.29, 1.82) is 0 Å². The fourth-order valence-electron chi connectivity index (χ4n) is 1.51. The van der Waals surface area contributed by atoms with Crippen molar-refractivity contribution in [2.45, 2.75) is 20.4 Å². The highest BCUT2D eigenvalue weighted by Gasteiger charge is 2.13. The molecule has 0 amide bonds. The Labute approximate surface area is 118 Å².